The first-order valence-corrected chi connectivity index (χ1v) is 4.52. The topological polar surface area (TPSA) is 38.3 Å². The molecule has 12 heavy (non-hydrogen) atoms. The zero-order valence-corrected chi connectivity index (χ0v) is 8.22. The molecule has 0 saturated carbocycles. The normalized spacial score (nSPS) is 10.3. The average molecular weight is 173 g/mol. The van der Waals surface area contributed by atoms with Gasteiger partial charge in [-0.25, -0.2) is 0 Å². The van der Waals surface area contributed by atoms with Crippen molar-refractivity contribution < 1.29 is 9.53 Å². The molecule has 72 valence electrons. The molecule has 0 unspecified atom stereocenters. The van der Waals surface area contributed by atoms with E-state index in [0.29, 0.717) is 13.2 Å². The van der Waals surface area contributed by atoms with Gasteiger partial charge in [0.25, 0.3) is 0 Å². The molecule has 3 nitrogen and oxygen atoms in total. The molecule has 0 radical (unpaired) electrons. The van der Waals surface area contributed by atoms with E-state index in [0.717, 1.165) is 12.8 Å². The molecule has 0 spiro atoms. The quantitative estimate of drug-likeness (QED) is 0.613. The molecule has 1 amide bonds. The Balaban J connectivity index is 3.54. The van der Waals surface area contributed by atoms with Crippen molar-refractivity contribution in [3.8, 4) is 0 Å². The van der Waals surface area contributed by atoms with Crippen LogP contribution >= 0.6 is 0 Å². The van der Waals surface area contributed by atoms with E-state index in [1.165, 1.54) is 0 Å². The van der Waals surface area contributed by atoms with Crippen molar-refractivity contribution in [2.45, 2.75) is 26.7 Å². The molecular weight excluding hydrogens is 154 g/mol. The second-order valence-electron chi connectivity index (χ2n) is 2.80. The fraction of sp³-hybridized carbons (Fsp3) is 0.889. The van der Waals surface area contributed by atoms with Crippen LogP contribution in [-0.2, 0) is 9.53 Å². The van der Waals surface area contributed by atoms with Crippen molar-refractivity contribution >= 4 is 5.91 Å². The Morgan fingerprint density at radius 1 is 1.42 bits per heavy atom. The number of carbonyl (C=O) groups excluding carboxylic acids is 1. The standard InChI is InChI=1S/C9H19NO2/c1-4-8(5-2)9(11)10-6-7-12-3/h8H,4-7H2,1-3H3,(H,10,11). The van der Waals surface area contributed by atoms with Gasteiger partial charge in [-0.15, -0.1) is 0 Å². The lowest BCUT2D eigenvalue weighted by molar-refractivity contribution is -0.125. The van der Waals surface area contributed by atoms with E-state index in [1.54, 1.807) is 7.11 Å². The molecule has 0 bridgehead atoms. The molecule has 0 fully saturated rings. The van der Waals surface area contributed by atoms with Gasteiger partial charge in [0.05, 0.1) is 6.61 Å². The molecule has 1 N–H and O–H groups in total. The maximum atomic E-state index is 11.3. The molecular formula is C9H19NO2. The predicted molar refractivity (Wildman–Crippen MR) is 49.0 cm³/mol. The van der Waals surface area contributed by atoms with Crippen LogP contribution in [0.15, 0.2) is 0 Å². The lowest BCUT2D eigenvalue weighted by atomic mass is 10.0. The van der Waals surface area contributed by atoms with Gasteiger partial charge in [0, 0.05) is 19.6 Å². The number of hydrogen-bond acceptors (Lipinski definition) is 2. The van der Waals surface area contributed by atoms with E-state index >= 15 is 0 Å². The number of rotatable bonds is 6. The van der Waals surface area contributed by atoms with Crippen LogP contribution in [0.5, 0.6) is 0 Å². The number of methoxy groups -OCH3 is 1. The van der Waals surface area contributed by atoms with Crippen LogP contribution < -0.4 is 5.32 Å². The Labute approximate surface area is 74.5 Å². The molecule has 0 heterocycles. The molecule has 0 aliphatic rings. The molecule has 0 aliphatic heterocycles. The summed E-state index contributed by atoms with van der Waals surface area (Å²) < 4.78 is 4.82. The molecule has 3 heteroatoms. The SMILES string of the molecule is CCC(CC)C(=O)NCCOC. The summed E-state index contributed by atoms with van der Waals surface area (Å²) in [5.41, 5.74) is 0. The average Bonchev–Trinajstić information content (AvgIpc) is 2.07. The minimum absolute atomic E-state index is 0.150. The summed E-state index contributed by atoms with van der Waals surface area (Å²) in [6.45, 7) is 5.27. The van der Waals surface area contributed by atoms with Crippen LogP contribution in [0.4, 0.5) is 0 Å². The molecule has 0 aromatic rings. The number of amides is 1. The van der Waals surface area contributed by atoms with Gasteiger partial charge in [-0.2, -0.15) is 0 Å². The van der Waals surface area contributed by atoms with Gasteiger partial charge < -0.3 is 10.1 Å². The summed E-state index contributed by atoms with van der Waals surface area (Å²) in [6, 6.07) is 0. The molecule has 0 aromatic carbocycles. The molecule has 0 saturated heterocycles. The molecule has 0 aromatic heterocycles. The highest BCUT2D eigenvalue weighted by Crippen LogP contribution is 2.06. The predicted octanol–water partition coefficient (Wildman–Crippen LogP) is 1.19. The van der Waals surface area contributed by atoms with Crippen LogP contribution in [0.1, 0.15) is 26.7 Å². The second kappa shape index (κ2) is 7.10. The third kappa shape index (κ3) is 4.34. The van der Waals surface area contributed by atoms with Crippen LogP contribution in [0.3, 0.4) is 0 Å². The fourth-order valence-electron chi connectivity index (χ4n) is 1.08. The van der Waals surface area contributed by atoms with Gasteiger partial charge >= 0.3 is 0 Å². The van der Waals surface area contributed by atoms with Crippen LogP contribution in [0.25, 0.3) is 0 Å². The van der Waals surface area contributed by atoms with E-state index in [-0.39, 0.29) is 11.8 Å². The highest BCUT2D eigenvalue weighted by Gasteiger charge is 2.12. The number of hydrogen-bond donors (Lipinski definition) is 1. The summed E-state index contributed by atoms with van der Waals surface area (Å²) in [6.07, 6.45) is 1.82. The first kappa shape index (κ1) is 11.4. The van der Waals surface area contributed by atoms with E-state index in [2.05, 4.69) is 5.32 Å². The van der Waals surface area contributed by atoms with Gasteiger partial charge in [0.1, 0.15) is 0 Å². The van der Waals surface area contributed by atoms with Crippen LogP contribution in [0.2, 0.25) is 0 Å². The fourth-order valence-corrected chi connectivity index (χ4v) is 1.08. The van der Waals surface area contributed by atoms with Gasteiger partial charge in [0.15, 0.2) is 0 Å². The summed E-state index contributed by atoms with van der Waals surface area (Å²) in [7, 11) is 1.63. The van der Waals surface area contributed by atoms with E-state index in [1.807, 2.05) is 13.8 Å². The second-order valence-corrected chi connectivity index (χ2v) is 2.80. The monoisotopic (exact) mass is 173 g/mol. The Hall–Kier alpha value is -0.570. The van der Waals surface area contributed by atoms with Gasteiger partial charge in [0.2, 0.25) is 5.91 Å². The van der Waals surface area contributed by atoms with Crippen molar-refractivity contribution in [2.24, 2.45) is 5.92 Å². The van der Waals surface area contributed by atoms with Crippen LogP contribution in [-0.4, -0.2) is 26.2 Å². The third-order valence-electron chi connectivity index (χ3n) is 1.96. The summed E-state index contributed by atoms with van der Waals surface area (Å²) in [5.74, 6) is 0.318. The van der Waals surface area contributed by atoms with Crippen LogP contribution in [0, 0.1) is 5.92 Å². The zero-order chi connectivity index (χ0) is 9.40. The molecule has 0 aliphatic carbocycles. The molecule has 0 rings (SSSR count). The maximum Gasteiger partial charge on any atom is 0.223 e. The van der Waals surface area contributed by atoms with E-state index < -0.39 is 0 Å². The third-order valence-corrected chi connectivity index (χ3v) is 1.96. The van der Waals surface area contributed by atoms with E-state index in [9.17, 15) is 4.79 Å². The van der Waals surface area contributed by atoms with Crippen molar-refractivity contribution in [1.82, 2.24) is 5.32 Å². The summed E-state index contributed by atoms with van der Waals surface area (Å²) >= 11 is 0. The number of nitrogens with one attached hydrogen (secondary N) is 1. The smallest absolute Gasteiger partial charge is 0.223 e. The lowest BCUT2D eigenvalue weighted by Gasteiger charge is -2.11. The zero-order valence-electron chi connectivity index (χ0n) is 8.22. The first-order valence-electron chi connectivity index (χ1n) is 4.52. The minimum atomic E-state index is 0.150. The number of carbonyl (C=O) groups is 1. The van der Waals surface area contributed by atoms with Crippen molar-refractivity contribution in [1.29, 1.82) is 0 Å². The largest absolute Gasteiger partial charge is 0.383 e. The van der Waals surface area contributed by atoms with Gasteiger partial charge in [-0.3, -0.25) is 4.79 Å². The van der Waals surface area contributed by atoms with Crippen molar-refractivity contribution in [3.05, 3.63) is 0 Å². The highest BCUT2D eigenvalue weighted by molar-refractivity contribution is 5.78. The summed E-state index contributed by atoms with van der Waals surface area (Å²) in [5, 5.41) is 2.82. The van der Waals surface area contributed by atoms with Crippen molar-refractivity contribution in [2.75, 3.05) is 20.3 Å². The van der Waals surface area contributed by atoms with Gasteiger partial charge in [-0.1, -0.05) is 13.8 Å². The van der Waals surface area contributed by atoms with E-state index in [4.69, 9.17) is 4.74 Å². The highest BCUT2D eigenvalue weighted by atomic mass is 16.5. The maximum absolute atomic E-state index is 11.3. The van der Waals surface area contributed by atoms with Crippen molar-refractivity contribution in [3.63, 3.8) is 0 Å². The lowest BCUT2D eigenvalue weighted by Crippen LogP contribution is -2.32. The number of ether oxygens (including phenoxy) is 1. The Morgan fingerprint density at radius 2 is 2.00 bits per heavy atom. The first-order chi connectivity index (χ1) is 5.76. The molecule has 0 atom stereocenters. The summed E-state index contributed by atoms with van der Waals surface area (Å²) in [4.78, 5) is 11.3. The Kier molecular flexibility index (Phi) is 6.76. The minimum Gasteiger partial charge on any atom is -0.383 e. The van der Waals surface area contributed by atoms with Gasteiger partial charge in [-0.05, 0) is 12.8 Å². The Morgan fingerprint density at radius 3 is 2.42 bits per heavy atom. The Bertz CT molecular complexity index is 122.